The van der Waals surface area contributed by atoms with Crippen molar-refractivity contribution in [2.24, 2.45) is 5.92 Å². The number of hydrogen-bond donors (Lipinski definition) is 1. The van der Waals surface area contributed by atoms with E-state index in [9.17, 15) is 9.18 Å². The summed E-state index contributed by atoms with van der Waals surface area (Å²) in [5, 5.41) is 2.76. The first-order valence-electron chi connectivity index (χ1n) is 9.71. The highest BCUT2D eigenvalue weighted by Crippen LogP contribution is 2.32. The summed E-state index contributed by atoms with van der Waals surface area (Å²) in [5.41, 5.74) is 1.73. The lowest BCUT2D eigenvalue weighted by Gasteiger charge is -2.13. The Balaban J connectivity index is 1.46. The summed E-state index contributed by atoms with van der Waals surface area (Å²) in [7, 11) is 0. The van der Waals surface area contributed by atoms with Gasteiger partial charge >= 0.3 is 0 Å². The zero-order valence-corrected chi connectivity index (χ0v) is 16.4. The number of rotatable bonds is 8. The number of hydrogen-bond acceptors (Lipinski definition) is 5. The molecule has 0 bridgehead atoms. The number of carbonyl (C=O) groups is 1. The van der Waals surface area contributed by atoms with E-state index in [4.69, 9.17) is 13.9 Å². The quantitative estimate of drug-likeness (QED) is 0.612. The van der Waals surface area contributed by atoms with Gasteiger partial charge in [0, 0.05) is 18.6 Å². The van der Waals surface area contributed by atoms with E-state index in [1.165, 1.54) is 13.0 Å². The molecule has 1 heterocycles. The second-order valence-corrected chi connectivity index (χ2v) is 7.46. The summed E-state index contributed by atoms with van der Waals surface area (Å²) in [4.78, 5) is 15.5. The average molecular weight is 398 g/mol. The molecule has 0 spiro atoms. The Morgan fingerprint density at radius 3 is 2.83 bits per heavy atom. The Bertz CT molecular complexity index is 1030. The van der Waals surface area contributed by atoms with Crippen LogP contribution in [0.2, 0.25) is 0 Å². The molecule has 1 fully saturated rings. The van der Waals surface area contributed by atoms with Crippen LogP contribution in [0.3, 0.4) is 0 Å². The molecule has 1 amide bonds. The SMILES string of the molecule is CC(=O)N[C@@H](C)COc1ccc2nc(-c3ccc(OCC4CC4)c(F)c3)oc2c1. The third kappa shape index (κ3) is 4.85. The topological polar surface area (TPSA) is 73.6 Å². The van der Waals surface area contributed by atoms with Gasteiger partial charge in [-0.1, -0.05) is 0 Å². The number of halogens is 1. The van der Waals surface area contributed by atoms with E-state index in [0.717, 1.165) is 12.8 Å². The van der Waals surface area contributed by atoms with Crippen LogP contribution in [0, 0.1) is 11.7 Å². The van der Waals surface area contributed by atoms with Crippen molar-refractivity contribution in [2.45, 2.75) is 32.7 Å². The molecule has 3 aromatic rings. The van der Waals surface area contributed by atoms with Gasteiger partial charge in [0.25, 0.3) is 0 Å². The van der Waals surface area contributed by atoms with Crippen LogP contribution in [0.15, 0.2) is 40.8 Å². The van der Waals surface area contributed by atoms with Crippen molar-refractivity contribution in [2.75, 3.05) is 13.2 Å². The molecule has 0 unspecified atom stereocenters. The Morgan fingerprint density at radius 2 is 2.10 bits per heavy atom. The lowest BCUT2D eigenvalue weighted by atomic mass is 10.2. The normalized spacial score (nSPS) is 14.6. The van der Waals surface area contributed by atoms with E-state index in [2.05, 4.69) is 10.3 Å². The second kappa shape index (κ2) is 8.11. The first-order chi connectivity index (χ1) is 14.0. The van der Waals surface area contributed by atoms with Crippen LogP contribution in [-0.2, 0) is 4.79 Å². The van der Waals surface area contributed by atoms with E-state index >= 15 is 0 Å². The maximum atomic E-state index is 14.3. The first kappa shape index (κ1) is 19.2. The summed E-state index contributed by atoms with van der Waals surface area (Å²) in [6, 6.07) is 9.91. The number of ether oxygens (including phenoxy) is 2. The Labute approximate surface area is 168 Å². The standard InChI is InChI=1S/C22H23FN2O4/c1-13(24-14(2)26)11-27-17-6-7-19-21(10-17)29-22(25-19)16-5-8-20(18(23)9-16)28-12-15-3-4-15/h5-10,13,15H,3-4,11-12H2,1-2H3,(H,24,26)/t13-/m0/s1. The highest BCUT2D eigenvalue weighted by atomic mass is 19.1. The summed E-state index contributed by atoms with van der Waals surface area (Å²) in [5.74, 6) is 1.21. The largest absolute Gasteiger partial charge is 0.491 e. The Morgan fingerprint density at radius 1 is 1.28 bits per heavy atom. The number of carbonyl (C=O) groups excluding carboxylic acids is 1. The summed E-state index contributed by atoms with van der Waals surface area (Å²) in [6.45, 7) is 4.22. The van der Waals surface area contributed by atoms with E-state index in [1.54, 1.807) is 30.3 Å². The molecule has 1 aliphatic rings. The molecule has 152 valence electrons. The van der Waals surface area contributed by atoms with E-state index < -0.39 is 5.82 Å². The minimum atomic E-state index is -0.429. The van der Waals surface area contributed by atoms with Crippen molar-refractivity contribution in [1.29, 1.82) is 0 Å². The number of fused-ring (bicyclic) bond motifs is 1. The summed E-state index contributed by atoms with van der Waals surface area (Å²) >= 11 is 0. The number of benzene rings is 2. The third-order valence-corrected chi connectivity index (χ3v) is 4.66. The van der Waals surface area contributed by atoms with Gasteiger partial charge in [-0.2, -0.15) is 0 Å². The molecular formula is C22H23FN2O4. The first-order valence-corrected chi connectivity index (χ1v) is 9.71. The predicted molar refractivity (Wildman–Crippen MR) is 106 cm³/mol. The molecule has 1 atom stereocenters. The number of oxazole rings is 1. The van der Waals surface area contributed by atoms with Crippen molar-refractivity contribution < 1.29 is 23.1 Å². The molecule has 29 heavy (non-hydrogen) atoms. The molecule has 0 radical (unpaired) electrons. The van der Waals surface area contributed by atoms with Gasteiger partial charge in [-0.05, 0) is 56.0 Å². The summed E-state index contributed by atoms with van der Waals surface area (Å²) in [6.07, 6.45) is 2.31. The van der Waals surface area contributed by atoms with Gasteiger partial charge < -0.3 is 19.2 Å². The van der Waals surface area contributed by atoms with Crippen molar-refractivity contribution >= 4 is 17.0 Å². The van der Waals surface area contributed by atoms with Crippen molar-refractivity contribution in [3.63, 3.8) is 0 Å². The molecule has 6 nitrogen and oxygen atoms in total. The molecule has 4 rings (SSSR count). The van der Waals surface area contributed by atoms with Crippen LogP contribution in [-0.4, -0.2) is 30.1 Å². The van der Waals surface area contributed by atoms with Crippen LogP contribution >= 0.6 is 0 Å². The minimum Gasteiger partial charge on any atom is -0.491 e. The average Bonchev–Trinajstić information content (AvgIpc) is 3.41. The van der Waals surface area contributed by atoms with Gasteiger partial charge in [0.2, 0.25) is 11.8 Å². The fourth-order valence-electron chi connectivity index (χ4n) is 2.97. The molecule has 1 aromatic heterocycles. The van der Waals surface area contributed by atoms with E-state index in [1.807, 2.05) is 6.92 Å². The molecule has 0 saturated heterocycles. The Kier molecular flexibility index (Phi) is 5.38. The van der Waals surface area contributed by atoms with Crippen LogP contribution < -0.4 is 14.8 Å². The van der Waals surface area contributed by atoms with Crippen LogP contribution in [0.4, 0.5) is 4.39 Å². The molecule has 1 N–H and O–H groups in total. The number of nitrogens with one attached hydrogen (secondary N) is 1. The maximum absolute atomic E-state index is 14.3. The Hall–Kier alpha value is -3.09. The van der Waals surface area contributed by atoms with Gasteiger partial charge in [-0.3, -0.25) is 4.79 Å². The zero-order chi connectivity index (χ0) is 20.4. The van der Waals surface area contributed by atoms with Crippen LogP contribution in [0.25, 0.3) is 22.6 Å². The number of amides is 1. The van der Waals surface area contributed by atoms with Gasteiger partial charge in [0.1, 0.15) is 17.9 Å². The lowest BCUT2D eigenvalue weighted by molar-refractivity contribution is -0.119. The number of aromatic nitrogens is 1. The molecule has 1 saturated carbocycles. The number of nitrogens with zero attached hydrogens (tertiary/aromatic N) is 1. The van der Waals surface area contributed by atoms with Gasteiger partial charge in [-0.25, -0.2) is 9.37 Å². The minimum absolute atomic E-state index is 0.104. The van der Waals surface area contributed by atoms with Gasteiger partial charge in [-0.15, -0.1) is 0 Å². The highest BCUT2D eigenvalue weighted by molar-refractivity contribution is 5.77. The molecular weight excluding hydrogens is 375 g/mol. The molecule has 1 aliphatic carbocycles. The molecule has 0 aliphatic heterocycles. The zero-order valence-electron chi connectivity index (χ0n) is 16.4. The monoisotopic (exact) mass is 398 g/mol. The lowest BCUT2D eigenvalue weighted by Crippen LogP contribution is -2.35. The fraction of sp³-hybridized carbons (Fsp3) is 0.364. The third-order valence-electron chi connectivity index (χ3n) is 4.66. The van der Waals surface area contributed by atoms with Gasteiger partial charge in [0.05, 0.1) is 12.6 Å². The second-order valence-electron chi connectivity index (χ2n) is 7.46. The van der Waals surface area contributed by atoms with E-state index in [0.29, 0.717) is 47.4 Å². The fourth-order valence-corrected chi connectivity index (χ4v) is 2.97. The van der Waals surface area contributed by atoms with Crippen molar-refractivity contribution in [3.8, 4) is 23.0 Å². The molecule has 7 heteroatoms. The predicted octanol–water partition coefficient (Wildman–Crippen LogP) is 4.33. The van der Waals surface area contributed by atoms with Gasteiger partial charge in [0.15, 0.2) is 17.1 Å². The molecule has 2 aromatic carbocycles. The highest BCUT2D eigenvalue weighted by Gasteiger charge is 2.22. The van der Waals surface area contributed by atoms with Crippen LogP contribution in [0.5, 0.6) is 11.5 Å². The van der Waals surface area contributed by atoms with Crippen molar-refractivity contribution in [1.82, 2.24) is 10.3 Å². The smallest absolute Gasteiger partial charge is 0.227 e. The maximum Gasteiger partial charge on any atom is 0.227 e. The van der Waals surface area contributed by atoms with Crippen molar-refractivity contribution in [3.05, 3.63) is 42.2 Å². The summed E-state index contributed by atoms with van der Waals surface area (Å²) < 4.78 is 31.4. The van der Waals surface area contributed by atoms with Crippen LogP contribution in [0.1, 0.15) is 26.7 Å². The van der Waals surface area contributed by atoms with E-state index in [-0.39, 0.29) is 17.7 Å².